The highest BCUT2D eigenvalue weighted by molar-refractivity contribution is 7.03. The van der Waals surface area contributed by atoms with Crippen LogP contribution in [0.2, 0.25) is 0 Å². The Morgan fingerprint density at radius 1 is 1.13 bits per heavy atom. The molecule has 0 aliphatic heterocycles. The van der Waals surface area contributed by atoms with Gasteiger partial charge in [-0.15, -0.1) is 5.10 Å². The molecule has 0 radical (unpaired) electrons. The maximum absolute atomic E-state index is 13.6. The summed E-state index contributed by atoms with van der Waals surface area (Å²) in [5, 5.41) is 8.52. The first-order chi connectivity index (χ1) is 15.1. The number of hydrogen-bond donors (Lipinski definition) is 1. The predicted molar refractivity (Wildman–Crippen MR) is 115 cm³/mol. The zero-order valence-electron chi connectivity index (χ0n) is 16.8. The number of hydrogen-bond acceptors (Lipinski definition) is 6. The number of amides is 2. The van der Waals surface area contributed by atoms with Gasteiger partial charge >= 0.3 is 0 Å². The molecular formula is C22H22FN5O2S. The number of nitrogens with one attached hydrogen (secondary N) is 1. The van der Waals surface area contributed by atoms with E-state index in [-0.39, 0.29) is 17.6 Å². The SMILES string of the molecule is O=C(NC1CCCCC1)[C@@H](c1cccnc1)N(C(=O)c1csnn1)c1ccc(F)cc1. The van der Waals surface area contributed by atoms with E-state index in [2.05, 4.69) is 19.9 Å². The molecule has 2 heterocycles. The van der Waals surface area contributed by atoms with Gasteiger partial charge in [-0.05, 0) is 54.7 Å². The minimum Gasteiger partial charge on any atom is -0.351 e. The third-order valence-corrected chi connectivity index (χ3v) is 5.87. The topological polar surface area (TPSA) is 88.1 Å². The highest BCUT2D eigenvalue weighted by Crippen LogP contribution is 2.30. The smallest absolute Gasteiger partial charge is 0.280 e. The fourth-order valence-corrected chi connectivity index (χ4v) is 4.28. The van der Waals surface area contributed by atoms with E-state index in [1.54, 1.807) is 24.5 Å². The Labute approximate surface area is 183 Å². The lowest BCUT2D eigenvalue weighted by molar-refractivity contribution is -0.123. The first-order valence-corrected chi connectivity index (χ1v) is 11.0. The Morgan fingerprint density at radius 3 is 2.55 bits per heavy atom. The minimum atomic E-state index is -0.990. The Morgan fingerprint density at radius 2 is 1.90 bits per heavy atom. The molecule has 0 saturated heterocycles. The fraction of sp³-hybridized carbons (Fsp3) is 0.318. The van der Waals surface area contributed by atoms with Crippen LogP contribution in [0.15, 0.2) is 54.2 Å². The molecule has 2 aromatic heterocycles. The van der Waals surface area contributed by atoms with Crippen molar-refractivity contribution in [3.8, 4) is 0 Å². The lowest BCUT2D eigenvalue weighted by Gasteiger charge is -2.32. The van der Waals surface area contributed by atoms with Crippen LogP contribution in [0.4, 0.5) is 10.1 Å². The van der Waals surface area contributed by atoms with Gasteiger partial charge in [0.05, 0.1) is 0 Å². The van der Waals surface area contributed by atoms with Crippen molar-refractivity contribution in [3.63, 3.8) is 0 Å². The zero-order chi connectivity index (χ0) is 21.6. The van der Waals surface area contributed by atoms with Gasteiger partial charge < -0.3 is 5.32 Å². The first kappa shape index (κ1) is 21.0. The van der Waals surface area contributed by atoms with Gasteiger partial charge in [-0.2, -0.15) is 0 Å². The molecule has 160 valence electrons. The molecule has 31 heavy (non-hydrogen) atoms. The molecule has 2 amide bonds. The molecule has 1 aromatic carbocycles. The monoisotopic (exact) mass is 439 g/mol. The molecule has 7 nitrogen and oxygen atoms in total. The number of rotatable bonds is 6. The van der Waals surface area contributed by atoms with E-state index < -0.39 is 17.8 Å². The average Bonchev–Trinajstić information content (AvgIpc) is 3.34. The minimum absolute atomic E-state index is 0.0616. The van der Waals surface area contributed by atoms with Crippen LogP contribution >= 0.6 is 11.5 Å². The number of halogens is 1. The maximum Gasteiger partial charge on any atom is 0.280 e. The number of carbonyl (C=O) groups excluding carboxylic acids is 2. The summed E-state index contributed by atoms with van der Waals surface area (Å²) in [5.41, 5.74) is 1.05. The molecule has 9 heteroatoms. The van der Waals surface area contributed by atoms with Crippen LogP contribution in [0.25, 0.3) is 0 Å². The Balaban J connectivity index is 1.76. The summed E-state index contributed by atoms with van der Waals surface area (Å²) < 4.78 is 17.4. The highest BCUT2D eigenvalue weighted by atomic mass is 32.1. The number of pyridine rings is 1. The Hall–Kier alpha value is -3.20. The lowest BCUT2D eigenvalue weighted by atomic mass is 9.94. The third kappa shape index (κ3) is 4.93. The van der Waals surface area contributed by atoms with Crippen molar-refractivity contribution in [1.82, 2.24) is 19.9 Å². The molecule has 0 bridgehead atoms. The molecule has 3 aromatic rings. The summed E-state index contributed by atoms with van der Waals surface area (Å²) in [4.78, 5) is 32.4. The van der Waals surface area contributed by atoms with Gasteiger partial charge in [0.15, 0.2) is 5.69 Å². The quantitative estimate of drug-likeness (QED) is 0.629. The van der Waals surface area contributed by atoms with Gasteiger partial charge in [0.25, 0.3) is 5.91 Å². The van der Waals surface area contributed by atoms with Crippen molar-refractivity contribution in [2.75, 3.05) is 4.90 Å². The van der Waals surface area contributed by atoms with Gasteiger partial charge in [0.2, 0.25) is 5.91 Å². The molecule has 0 spiro atoms. The van der Waals surface area contributed by atoms with Gasteiger partial charge in [-0.25, -0.2) is 4.39 Å². The van der Waals surface area contributed by atoms with Crippen molar-refractivity contribution in [2.45, 2.75) is 44.2 Å². The number of nitrogens with zero attached hydrogens (tertiary/aromatic N) is 4. The van der Waals surface area contributed by atoms with Gasteiger partial charge in [-0.3, -0.25) is 19.5 Å². The van der Waals surface area contributed by atoms with Crippen LogP contribution in [0.5, 0.6) is 0 Å². The van der Waals surface area contributed by atoms with Crippen molar-refractivity contribution in [2.24, 2.45) is 0 Å². The Kier molecular flexibility index (Phi) is 6.61. The van der Waals surface area contributed by atoms with Crippen LogP contribution in [0, 0.1) is 5.82 Å². The molecule has 4 rings (SSSR count). The normalized spacial score (nSPS) is 15.3. The summed E-state index contributed by atoms with van der Waals surface area (Å²) in [6, 6.07) is 8.01. The average molecular weight is 440 g/mol. The summed E-state index contributed by atoms with van der Waals surface area (Å²) in [7, 11) is 0. The largest absolute Gasteiger partial charge is 0.351 e. The van der Waals surface area contributed by atoms with E-state index in [0.717, 1.165) is 43.6 Å². The second-order valence-corrected chi connectivity index (χ2v) is 8.08. The molecule has 0 unspecified atom stereocenters. The maximum atomic E-state index is 13.6. The van der Waals surface area contributed by atoms with Gasteiger partial charge in [-0.1, -0.05) is 29.8 Å². The molecule has 1 atom stereocenters. The lowest BCUT2D eigenvalue weighted by Crippen LogP contribution is -2.47. The van der Waals surface area contributed by atoms with Crippen LogP contribution in [0.1, 0.15) is 54.2 Å². The van der Waals surface area contributed by atoms with E-state index in [9.17, 15) is 14.0 Å². The third-order valence-electron chi connectivity index (χ3n) is 5.36. The van der Waals surface area contributed by atoms with E-state index >= 15 is 0 Å². The van der Waals surface area contributed by atoms with E-state index in [1.807, 2.05) is 0 Å². The van der Waals surface area contributed by atoms with Gasteiger partial charge in [0, 0.05) is 35.1 Å². The zero-order valence-corrected chi connectivity index (χ0v) is 17.6. The number of benzene rings is 1. The highest BCUT2D eigenvalue weighted by Gasteiger charge is 2.35. The molecule has 1 fully saturated rings. The van der Waals surface area contributed by atoms with Crippen LogP contribution in [-0.2, 0) is 4.79 Å². The van der Waals surface area contributed by atoms with E-state index in [1.165, 1.54) is 34.5 Å². The summed E-state index contributed by atoms with van der Waals surface area (Å²) in [6.45, 7) is 0. The predicted octanol–water partition coefficient (Wildman–Crippen LogP) is 3.91. The van der Waals surface area contributed by atoms with Gasteiger partial charge in [0.1, 0.15) is 11.9 Å². The van der Waals surface area contributed by atoms with E-state index in [4.69, 9.17) is 0 Å². The number of anilines is 1. The second-order valence-electron chi connectivity index (χ2n) is 7.47. The molecule has 1 saturated carbocycles. The number of carbonyl (C=O) groups is 2. The Bertz CT molecular complexity index is 1010. The fourth-order valence-electron chi connectivity index (χ4n) is 3.85. The van der Waals surface area contributed by atoms with Crippen molar-refractivity contribution in [1.29, 1.82) is 0 Å². The molecule has 1 aliphatic carbocycles. The van der Waals surface area contributed by atoms with Crippen LogP contribution in [-0.4, -0.2) is 32.4 Å². The van der Waals surface area contributed by atoms with Crippen molar-refractivity contribution >= 4 is 29.0 Å². The summed E-state index contributed by atoms with van der Waals surface area (Å²) in [6.07, 6.45) is 8.27. The summed E-state index contributed by atoms with van der Waals surface area (Å²) in [5.74, 6) is -1.23. The molecular weight excluding hydrogens is 417 g/mol. The van der Waals surface area contributed by atoms with E-state index in [0.29, 0.717) is 11.3 Å². The second kappa shape index (κ2) is 9.74. The number of aromatic nitrogens is 3. The van der Waals surface area contributed by atoms with Crippen LogP contribution < -0.4 is 10.2 Å². The van der Waals surface area contributed by atoms with Crippen LogP contribution in [0.3, 0.4) is 0 Å². The van der Waals surface area contributed by atoms with Crippen molar-refractivity contribution in [3.05, 3.63) is 71.2 Å². The molecule has 1 aliphatic rings. The van der Waals surface area contributed by atoms with Crippen molar-refractivity contribution < 1.29 is 14.0 Å². The molecule has 1 N–H and O–H groups in total. The standard InChI is InChI=1S/C22H22FN5O2S/c23-16-8-10-18(11-9-16)28(22(30)19-14-31-27-26-19)20(15-5-4-12-24-13-15)21(29)25-17-6-2-1-3-7-17/h4-5,8-14,17,20H,1-3,6-7H2,(H,25,29)/t20-/m1/s1. The summed E-state index contributed by atoms with van der Waals surface area (Å²) >= 11 is 1.05. The first-order valence-electron chi connectivity index (χ1n) is 10.2.